The zero-order valence-corrected chi connectivity index (χ0v) is 6.58. The van der Waals surface area contributed by atoms with Crippen molar-refractivity contribution in [3.05, 3.63) is 12.2 Å². The Bertz CT molecular complexity index is 228. The van der Waals surface area contributed by atoms with Crippen molar-refractivity contribution < 1.29 is 9.90 Å². The predicted molar refractivity (Wildman–Crippen MR) is 41.0 cm³/mol. The van der Waals surface area contributed by atoms with Crippen molar-refractivity contribution in [1.82, 2.24) is 0 Å². The lowest BCUT2D eigenvalue weighted by Gasteiger charge is -2.41. The number of rotatable bonds is 0. The topological polar surface area (TPSA) is 37.3 Å². The van der Waals surface area contributed by atoms with E-state index >= 15 is 0 Å². The lowest BCUT2D eigenvalue weighted by molar-refractivity contribution is -0.133. The Morgan fingerprint density at radius 2 is 2.36 bits per heavy atom. The van der Waals surface area contributed by atoms with Crippen LogP contribution in [-0.2, 0) is 4.79 Å². The van der Waals surface area contributed by atoms with Gasteiger partial charge in [-0.15, -0.1) is 0 Å². The first-order chi connectivity index (χ1) is 5.09. The van der Waals surface area contributed by atoms with Crippen molar-refractivity contribution in [2.75, 3.05) is 0 Å². The fourth-order valence-corrected chi connectivity index (χ4v) is 2.02. The smallest absolute Gasteiger partial charge is 0.140 e. The second-order valence-corrected chi connectivity index (χ2v) is 3.83. The fraction of sp³-hybridized carbons (Fsp3) is 0.667. The fourth-order valence-electron chi connectivity index (χ4n) is 2.02. The van der Waals surface area contributed by atoms with Gasteiger partial charge in [0, 0.05) is 18.3 Å². The van der Waals surface area contributed by atoms with Gasteiger partial charge in [-0.05, 0) is 13.3 Å². The van der Waals surface area contributed by atoms with Crippen molar-refractivity contribution >= 4 is 5.78 Å². The van der Waals surface area contributed by atoms with E-state index in [0.717, 1.165) is 0 Å². The largest absolute Gasteiger partial charge is 0.390 e. The van der Waals surface area contributed by atoms with Crippen LogP contribution in [0.15, 0.2) is 12.2 Å². The average molecular weight is 152 g/mol. The van der Waals surface area contributed by atoms with Crippen LogP contribution in [0, 0.1) is 11.8 Å². The molecule has 0 saturated heterocycles. The van der Waals surface area contributed by atoms with E-state index in [0.29, 0.717) is 18.6 Å². The highest BCUT2D eigenvalue weighted by Gasteiger charge is 2.43. The van der Waals surface area contributed by atoms with Gasteiger partial charge in [0.2, 0.25) is 0 Å². The molecule has 0 aliphatic heterocycles. The summed E-state index contributed by atoms with van der Waals surface area (Å²) >= 11 is 0. The third-order valence-corrected chi connectivity index (χ3v) is 2.84. The highest BCUT2D eigenvalue weighted by Crippen LogP contribution is 2.40. The van der Waals surface area contributed by atoms with E-state index in [2.05, 4.69) is 0 Å². The van der Waals surface area contributed by atoms with E-state index in [1.165, 1.54) is 0 Å². The zero-order chi connectivity index (χ0) is 8.06. The molecule has 3 aliphatic carbocycles. The molecule has 60 valence electrons. The molecule has 3 atom stereocenters. The molecule has 11 heavy (non-hydrogen) atoms. The molecule has 0 radical (unpaired) electrons. The molecule has 0 aromatic heterocycles. The van der Waals surface area contributed by atoms with Gasteiger partial charge in [0.25, 0.3) is 0 Å². The molecule has 2 heteroatoms. The summed E-state index contributed by atoms with van der Waals surface area (Å²) in [4.78, 5) is 11.2. The van der Waals surface area contributed by atoms with Crippen LogP contribution in [0.2, 0.25) is 0 Å². The Kier molecular flexibility index (Phi) is 1.25. The minimum Gasteiger partial charge on any atom is -0.390 e. The van der Waals surface area contributed by atoms with Crippen LogP contribution >= 0.6 is 0 Å². The minimum absolute atomic E-state index is 0.00463. The van der Waals surface area contributed by atoms with Crippen LogP contribution < -0.4 is 0 Å². The summed E-state index contributed by atoms with van der Waals surface area (Å²) in [6, 6.07) is 0. The molecule has 1 saturated carbocycles. The van der Waals surface area contributed by atoms with Gasteiger partial charge in [0.05, 0.1) is 5.60 Å². The van der Waals surface area contributed by atoms with Crippen molar-refractivity contribution in [2.45, 2.75) is 25.4 Å². The van der Waals surface area contributed by atoms with Crippen LogP contribution in [0.5, 0.6) is 0 Å². The lowest BCUT2D eigenvalue weighted by Crippen LogP contribution is -2.46. The summed E-state index contributed by atoms with van der Waals surface area (Å²) in [6.07, 6.45) is 5.07. The Labute approximate surface area is 65.9 Å². The molecule has 2 nitrogen and oxygen atoms in total. The van der Waals surface area contributed by atoms with E-state index < -0.39 is 5.60 Å². The van der Waals surface area contributed by atoms with Gasteiger partial charge in [0.1, 0.15) is 5.78 Å². The quantitative estimate of drug-likeness (QED) is 0.524. The van der Waals surface area contributed by atoms with Crippen molar-refractivity contribution in [2.24, 2.45) is 11.8 Å². The Morgan fingerprint density at radius 1 is 1.64 bits per heavy atom. The molecule has 0 spiro atoms. The first-order valence-electron chi connectivity index (χ1n) is 4.03. The van der Waals surface area contributed by atoms with Gasteiger partial charge in [-0.25, -0.2) is 0 Å². The Morgan fingerprint density at radius 3 is 2.64 bits per heavy atom. The minimum atomic E-state index is -0.632. The van der Waals surface area contributed by atoms with Gasteiger partial charge < -0.3 is 5.11 Å². The summed E-state index contributed by atoms with van der Waals surface area (Å²) in [5.41, 5.74) is -0.632. The molecule has 0 aromatic carbocycles. The first-order valence-corrected chi connectivity index (χ1v) is 4.03. The highest BCUT2D eigenvalue weighted by atomic mass is 16.3. The van der Waals surface area contributed by atoms with Gasteiger partial charge in [-0.3, -0.25) is 4.79 Å². The summed E-state index contributed by atoms with van der Waals surface area (Å²) < 4.78 is 0. The van der Waals surface area contributed by atoms with Crippen LogP contribution in [0.3, 0.4) is 0 Å². The van der Waals surface area contributed by atoms with Crippen LogP contribution in [0.4, 0.5) is 0 Å². The Balaban J connectivity index is 2.34. The monoisotopic (exact) mass is 152 g/mol. The maximum Gasteiger partial charge on any atom is 0.140 e. The molecule has 0 aromatic rings. The molecule has 0 amide bonds. The number of ketones is 1. The average Bonchev–Trinajstić information content (AvgIpc) is 1.90. The van der Waals surface area contributed by atoms with Crippen LogP contribution in [-0.4, -0.2) is 16.5 Å². The van der Waals surface area contributed by atoms with Crippen LogP contribution in [0.1, 0.15) is 19.8 Å². The van der Waals surface area contributed by atoms with Crippen LogP contribution in [0.25, 0.3) is 0 Å². The van der Waals surface area contributed by atoms with E-state index in [1.807, 2.05) is 19.1 Å². The Hall–Kier alpha value is -0.630. The van der Waals surface area contributed by atoms with E-state index in [4.69, 9.17) is 0 Å². The van der Waals surface area contributed by atoms with E-state index in [9.17, 15) is 9.90 Å². The molecule has 2 bridgehead atoms. The number of hydrogen-bond donors (Lipinski definition) is 1. The molecule has 1 fully saturated rings. The number of allylic oxidation sites excluding steroid dienone is 1. The second-order valence-electron chi connectivity index (χ2n) is 3.83. The first kappa shape index (κ1) is 7.04. The van der Waals surface area contributed by atoms with Gasteiger partial charge >= 0.3 is 0 Å². The third-order valence-electron chi connectivity index (χ3n) is 2.84. The molecule has 0 heterocycles. The SMILES string of the molecule is CC1(O)CC2C=CC1CC2=O. The van der Waals surface area contributed by atoms with Gasteiger partial charge in [-0.1, -0.05) is 12.2 Å². The molecular formula is C9H12O2. The molecular weight excluding hydrogens is 140 g/mol. The number of carbonyl (C=O) groups excluding carboxylic acids is 1. The van der Waals surface area contributed by atoms with E-state index in [1.54, 1.807) is 0 Å². The molecule has 3 aliphatic rings. The maximum atomic E-state index is 11.2. The normalized spacial score (nSPS) is 48.4. The summed E-state index contributed by atoms with van der Waals surface area (Å²) in [5.74, 6) is 0.360. The van der Waals surface area contributed by atoms with Gasteiger partial charge in [0.15, 0.2) is 0 Å². The predicted octanol–water partition coefficient (Wildman–Crippen LogP) is 0.902. The second kappa shape index (κ2) is 1.95. The molecule has 1 N–H and O–H groups in total. The molecule has 3 rings (SSSR count). The summed E-state index contributed by atoms with van der Waals surface area (Å²) in [6.45, 7) is 1.82. The highest BCUT2D eigenvalue weighted by molar-refractivity contribution is 5.85. The number of carbonyl (C=O) groups is 1. The lowest BCUT2D eigenvalue weighted by atomic mass is 9.66. The molecule has 3 unspecified atom stereocenters. The third kappa shape index (κ3) is 0.932. The number of fused-ring (bicyclic) bond motifs is 2. The number of hydrogen-bond acceptors (Lipinski definition) is 2. The maximum absolute atomic E-state index is 11.2. The summed E-state index contributed by atoms with van der Waals surface area (Å²) in [5, 5.41) is 9.78. The standard InChI is InChI=1S/C9H12O2/c1-9(11)5-6-2-3-7(9)4-8(6)10/h2-3,6-7,11H,4-5H2,1H3. The zero-order valence-electron chi connectivity index (χ0n) is 6.58. The number of Topliss-reactive ketones (excluding diaryl/α,β-unsaturated/α-hetero) is 1. The number of aliphatic hydroxyl groups is 1. The van der Waals surface area contributed by atoms with Gasteiger partial charge in [-0.2, -0.15) is 0 Å². The van der Waals surface area contributed by atoms with Crippen molar-refractivity contribution in [3.8, 4) is 0 Å². The van der Waals surface area contributed by atoms with Crippen molar-refractivity contribution in [1.29, 1.82) is 0 Å². The van der Waals surface area contributed by atoms with Crippen molar-refractivity contribution in [3.63, 3.8) is 0 Å². The van der Waals surface area contributed by atoms with E-state index in [-0.39, 0.29) is 11.8 Å². The summed E-state index contributed by atoms with van der Waals surface area (Å²) in [7, 11) is 0.